The molecule has 1 N–H and O–H groups in total. The van der Waals surface area contributed by atoms with Gasteiger partial charge in [-0.3, -0.25) is 4.90 Å². The van der Waals surface area contributed by atoms with Crippen molar-refractivity contribution in [3.63, 3.8) is 0 Å². The molecule has 0 unspecified atom stereocenters. The molecule has 1 aliphatic carbocycles. The lowest BCUT2D eigenvalue weighted by molar-refractivity contribution is 0.0100. The van der Waals surface area contributed by atoms with Gasteiger partial charge in [-0.25, -0.2) is 0 Å². The first kappa shape index (κ1) is 44.7. The molecule has 0 bridgehead atoms. The molecule has 0 spiro atoms. The monoisotopic (exact) mass is 727 g/mol. The number of nitrogens with one attached hydrogen (secondary N) is 1. The normalized spacial score (nSPS) is 20.1. The Balaban J connectivity index is 1.85. The van der Waals surface area contributed by atoms with Crippen LogP contribution in [0.2, 0.25) is 0 Å². The van der Waals surface area contributed by atoms with Crippen LogP contribution in [0.5, 0.6) is 0 Å². The smallest absolute Gasteiger partial charge is 0.232 e. The van der Waals surface area contributed by atoms with Gasteiger partial charge in [0.15, 0.2) is 0 Å². The summed E-state index contributed by atoms with van der Waals surface area (Å²) >= 11 is 0. The van der Waals surface area contributed by atoms with Gasteiger partial charge in [0, 0.05) is 62.4 Å². The maximum atomic E-state index is 5.38. The fourth-order valence-corrected chi connectivity index (χ4v) is 10.0. The SMILES string of the molecule is CCCCN(C)c1nc(N(CCCC)CCCC)nc(N(CCCCCCN(C(C)C)C2CC(C)(C)CC(C)(C)C2)C2CC(C)(C)NC(C)(C)C2)n1. The van der Waals surface area contributed by atoms with Crippen LogP contribution in [-0.2, 0) is 0 Å². The number of unbranched alkanes of at least 4 members (excludes halogenated alkanes) is 6. The van der Waals surface area contributed by atoms with Crippen LogP contribution in [0.3, 0.4) is 0 Å². The first-order valence-corrected chi connectivity index (χ1v) is 21.8. The summed E-state index contributed by atoms with van der Waals surface area (Å²) in [6, 6.07) is 1.65. The van der Waals surface area contributed by atoms with Crippen molar-refractivity contribution in [1.29, 1.82) is 0 Å². The molecule has 0 radical (unpaired) electrons. The Morgan fingerprint density at radius 3 is 1.58 bits per heavy atom. The largest absolute Gasteiger partial charge is 0.344 e. The molecular weight excluding hydrogens is 641 g/mol. The van der Waals surface area contributed by atoms with Crippen LogP contribution in [0.1, 0.15) is 186 Å². The Morgan fingerprint density at radius 2 is 1.06 bits per heavy atom. The van der Waals surface area contributed by atoms with Crippen molar-refractivity contribution in [3.8, 4) is 0 Å². The van der Waals surface area contributed by atoms with Crippen LogP contribution in [0.25, 0.3) is 0 Å². The summed E-state index contributed by atoms with van der Waals surface area (Å²) in [4.78, 5) is 26.0. The van der Waals surface area contributed by atoms with Gasteiger partial charge in [0.05, 0.1) is 0 Å². The molecule has 1 saturated carbocycles. The summed E-state index contributed by atoms with van der Waals surface area (Å²) in [5, 5.41) is 3.94. The Bertz CT molecular complexity index is 1140. The van der Waals surface area contributed by atoms with Crippen molar-refractivity contribution < 1.29 is 0 Å². The van der Waals surface area contributed by atoms with Gasteiger partial charge in [0.2, 0.25) is 17.8 Å². The minimum absolute atomic E-state index is 0.0398. The van der Waals surface area contributed by atoms with E-state index in [-0.39, 0.29) is 11.1 Å². The molecule has 8 heteroatoms. The first-order chi connectivity index (χ1) is 24.3. The fourth-order valence-electron chi connectivity index (χ4n) is 10.0. The lowest BCUT2D eigenvalue weighted by atomic mass is 9.63. The topological polar surface area (TPSA) is 63.7 Å². The number of hydrogen-bond acceptors (Lipinski definition) is 8. The Morgan fingerprint density at radius 1 is 0.577 bits per heavy atom. The van der Waals surface area contributed by atoms with E-state index in [0.717, 1.165) is 89.0 Å². The second kappa shape index (κ2) is 19.8. The molecule has 52 heavy (non-hydrogen) atoms. The van der Waals surface area contributed by atoms with Crippen LogP contribution in [0.15, 0.2) is 0 Å². The fraction of sp³-hybridized carbons (Fsp3) is 0.932. The molecule has 3 rings (SSSR count). The highest BCUT2D eigenvalue weighted by molar-refractivity contribution is 5.47. The lowest BCUT2D eigenvalue weighted by Gasteiger charge is -2.50. The second-order valence-corrected chi connectivity index (χ2v) is 20.2. The molecule has 0 amide bonds. The van der Waals surface area contributed by atoms with E-state index >= 15 is 0 Å². The van der Waals surface area contributed by atoms with E-state index < -0.39 is 0 Å². The summed E-state index contributed by atoms with van der Waals surface area (Å²) in [7, 11) is 2.16. The van der Waals surface area contributed by atoms with Crippen molar-refractivity contribution in [1.82, 2.24) is 25.2 Å². The van der Waals surface area contributed by atoms with Gasteiger partial charge in [0.1, 0.15) is 0 Å². The minimum atomic E-state index is 0.0398. The highest BCUT2D eigenvalue weighted by Crippen LogP contribution is 2.47. The number of hydrogen-bond donors (Lipinski definition) is 1. The third-order valence-corrected chi connectivity index (χ3v) is 11.7. The minimum Gasteiger partial charge on any atom is -0.344 e. The van der Waals surface area contributed by atoms with Crippen LogP contribution in [-0.4, -0.2) is 88.8 Å². The molecule has 2 fully saturated rings. The number of rotatable bonds is 22. The molecule has 1 saturated heterocycles. The van der Waals surface area contributed by atoms with Gasteiger partial charge in [-0.15, -0.1) is 0 Å². The molecule has 1 aromatic heterocycles. The molecule has 0 aromatic carbocycles. The van der Waals surface area contributed by atoms with E-state index in [2.05, 4.69) is 122 Å². The van der Waals surface area contributed by atoms with E-state index in [0.29, 0.717) is 29.0 Å². The van der Waals surface area contributed by atoms with Crippen molar-refractivity contribution in [2.45, 2.75) is 216 Å². The van der Waals surface area contributed by atoms with Gasteiger partial charge in [-0.2, -0.15) is 15.0 Å². The molecule has 1 aliphatic heterocycles. The summed E-state index contributed by atoms with van der Waals surface area (Å²) in [6.07, 6.45) is 18.0. The Labute approximate surface area is 323 Å². The zero-order chi connectivity index (χ0) is 38.7. The van der Waals surface area contributed by atoms with E-state index in [1.165, 1.54) is 57.9 Å². The summed E-state index contributed by atoms with van der Waals surface area (Å²) in [5.41, 5.74) is 0.920. The standard InChI is InChI=1S/C44H86N8/c1-15-18-25-49(14)38-45-39(50(26-19-16-2)27-20-17-3)47-40(46-38)52(37-32-43(10,11)48-44(12,13)33-37)29-24-22-21-23-28-51(35(4)5)36-30-41(6,7)34-42(8,9)31-36/h35-37,48H,15-34H2,1-14H3. The van der Waals surface area contributed by atoms with Crippen molar-refractivity contribution in [2.24, 2.45) is 10.8 Å². The van der Waals surface area contributed by atoms with E-state index in [1.807, 2.05) is 0 Å². The predicted octanol–water partition coefficient (Wildman–Crippen LogP) is 10.5. The van der Waals surface area contributed by atoms with E-state index in [4.69, 9.17) is 15.0 Å². The predicted molar refractivity (Wildman–Crippen MR) is 227 cm³/mol. The average molecular weight is 727 g/mol. The van der Waals surface area contributed by atoms with Crippen LogP contribution >= 0.6 is 0 Å². The van der Waals surface area contributed by atoms with Crippen molar-refractivity contribution >= 4 is 17.8 Å². The molecule has 1 aromatic rings. The zero-order valence-electron chi connectivity index (χ0n) is 37.0. The molecule has 8 nitrogen and oxygen atoms in total. The summed E-state index contributed by atoms with van der Waals surface area (Å²) in [5.74, 6) is 2.57. The molecule has 2 aliphatic rings. The Hall–Kier alpha value is -1.67. The number of piperidine rings is 1. The van der Waals surface area contributed by atoms with Gasteiger partial charge in [-0.05, 0) is 123 Å². The molecule has 0 atom stereocenters. The maximum absolute atomic E-state index is 5.38. The van der Waals surface area contributed by atoms with Crippen molar-refractivity contribution in [2.75, 3.05) is 54.5 Å². The van der Waals surface area contributed by atoms with Gasteiger partial charge in [0.25, 0.3) is 0 Å². The third-order valence-electron chi connectivity index (χ3n) is 11.7. The molecule has 2 heterocycles. The van der Waals surface area contributed by atoms with Crippen LogP contribution in [0, 0.1) is 10.8 Å². The lowest BCUT2D eigenvalue weighted by Crippen LogP contribution is -2.62. The zero-order valence-corrected chi connectivity index (χ0v) is 37.0. The quantitative estimate of drug-likeness (QED) is 0.119. The van der Waals surface area contributed by atoms with Gasteiger partial charge < -0.3 is 20.0 Å². The van der Waals surface area contributed by atoms with Crippen molar-refractivity contribution in [3.05, 3.63) is 0 Å². The third kappa shape index (κ3) is 14.2. The second-order valence-electron chi connectivity index (χ2n) is 20.2. The highest BCUT2D eigenvalue weighted by atomic mass is 15.4. The van der Waals surface area contributed by atoms with Gasteiger partial charge in [-0.1, -0.05) is 80.6 Å². The van der Waals surface area contributed by atoms with Crippen LogP contribution < -0.4 is 20.0 Å². The number of nitrogens with zero attached hydrogens (tertiary/aromatic N) is 7. The average Bonchev–Trinajstić information content (AvgIpc) is 3.01. The number of anilines is 3. The molecular formula is C44H86N8. The van der Waals surface area contributed by atoms with E-state index in [1.54, 1.807) is 0 Å². The van der Waals surface area contributed by atoms with E-state index in [9.17, 15) is 0 Å². The first-order valence-electron chi connectivity index (χ1n) is 21.8. The van der Waals surface area contributed by atoms with Crippen LogP contribution in [0.4, 0.5) is 17.8 Å². The number of aromatic nitrogens is 3. The highest BCUT2D eigenvalue weighted by Gasteiger charge is 2.42. The summed E-state index contributed by atoms with van der Waals surface area (Å²) < 4.78 is 0. The van der Waals surface area contributed by atoms with Gasteiger partial charge >= 0.3 is 0 Å². The Kier molecular flexibility index (Phi) is 17.0. The maximum Gasteiger partial charge on any atom is 0.232 e. The summed E-state index contributed by atoms with van der Waals surface area (Å²) in [6.45, 7) is 36.2. The molecule has 302 valence electrons.